The largest absolute Gasteiger partial charge is 0.481 e. The molecule has 5 heteroatoms. The van der Waals surface area contributed by atoms with Gasteiger partial charge in [-0.15, -0.1) is 0 Å². The van der Waals surface area contributed by atoms with E-state index in [1.54, 1.807) is 0 Å². The summed E-state index contributed by atoms with van der Waals surface area (Å²) in [6.45, 7) is 4.25. The molecule has 1 rings (SSSR count). The Morgan fingerprint density at radius 2 is 1.86 bits per heavy atom. The average Bonchev–Trinajstić information content (AvgIpc) is 2.49. The monoisotopic (exact) mass is 298 g/mol. The molecule has 122 valence electrons. The zero-order chi connectivity index (χ0) is 15.7. The smallest absolute Gasteiger partial charge is 0.315 e. The molecule has 0 aromatic heterocycles. The van der Waals surface area contributed by atoms with Crippen LogP contribution in [0.25, 0.3) is 0 Å². The van der Waals surface area contributed by atoms with Gasteiger partial charge in [-0.05, 0) is 31.6 Å². The van der Waals surface area contributed by atoms with Crippen LogP contribution < -0.4 is 10.6 Å². The Kier molecular flexibility index (Phi) is 8.16. The molecule has 0 aromatic rings. The lowest BCUT2D eigenvalue weighted by Gasteiger charge is -2.30. The van der Waals surface area contributed by atoms with E-state index in [1.807, 2.05) is 6.92 Å². The fourth-order valence-corrected chi connectivity index (χ4v) is 3.19. The maximum Gasteiger partial charge on any atom is 0.315 e. The topological polar surface area (TPSA) is 78.4 Å². The van der Waals surface area contributed by atoms with Crippen molar-refractivity contribution in [1.29, 1.82) is 0 Å². The summed E-state index contributed by atoms with van der Waals surface area (Å²) in [7, 11) is 0. The lowest BCUT2D eigenvalue weighted by Crippen LogP contribution is -2.47. The fourth-order valence-electron chi connectivity index (χ4n) is 3.19. The number of aliphatic carboxylic acids is 1. The minimum absolute atomic E-state index is 0.204. The number of amides is 2. The maximum atomic E-state index is 12.0. The number of nitrogens with one attached hydrogen (secondary N) is 2. The molecule has 5 nitrogen and oxygen atoms in total. The van der Waals surface area contributed by atoms with Gasteiger partial charge >= 0.3 is 12.0 Å². The van der Waals surface area contributed by atoms with Gasteiger partial charge in [0, 0.05) is 12.6 Å². The van der Waals surface area contributed by atoms with E-state index in [1.165, 1.54) is 32.1 Å². The Morgan fingerprint density at radius 3 is 2.38 bits per heavy atom. The Labute approximate surface area is 127 Å². The molecule has 0 spiro atoms. The van der Waals surface area contributed by atoms with Crippen molar-refractivity contribution in [3.8, 4) is 0 Å². The van der Waals surface area contributed by atoms with E-state index in [0.29, 0.717) is 12.3 Å². The van der Waals surface area contributed by atoms with Gasteiger partial charge in [-0.3, -0.25) is 4.79 Å². The van der Waals surface area contributed by atoms with Crippen molar-refractivity contribution < 1.29 is 14.7 Å². The molecular weight excluding hydrogens is 268 g/mol. The van der Waals surface area contributed by atoms with Crippen LogP contribution in [0.3, 0.4) is 0 Å². The quantitative estimate of drug-likeness (QED) is 0.644. The van der Waals surface area contributed by atoms with Gasteiger partial charge in [0.1, 0.15) is 0 Å². The lowest BCUT2D eigenvalue weighted by molar-refractivity contribution is -0.141. The van der Waals surface area contributed by atoms with Crippen molar-refractivity contribution in [2.45, 2.75) is 71.3 Å². The van der Waals surface area contributed by atoms with Gasteiger partial charge < -0.3 is 15.7 Å². The molecule has 1 fully saturated rings. The van der Waals surface area contributed by atoms with Gasteiger partial charge in [-0.25, -0.2) is 4.79 Å². The first-order chi connectivity index (χ1) is 10.1. The van der Waals surface area contributed by atoms with Crippen LogP contribution in [-0.4, -0.2) is 29.7 Å². The van der Waals surface area contributed by atoms with Gasteiger partial charge in [-0.1, -0.05) is 39.5 Å². The summed E-state index contributed by atoms with van der Waals surface area (Å²) >= 11 is 0. The Balaban J connectivity index is 2.37. The SMILES string of the molecule is CCCC(CNC(=O)NC(CC)C1CCCCC1)C(=O)O. The fraction of sp³-hybridized carbons (Fsp3) is 0.875. The third-order valence-electron chi connectivity index (χ3n) is 4.47. The first-order valence-corrected chi connectivity index (χ1v) is 8.35. The molecule has 1 aliphatic carbocycles. The summed E-state index contributed by atoms with van der Waals surface area (Å²) in [5.74, 6) is -0.757. The zero-order valence-electron chi connectivity index (χ0n) is 13.4. The molecule has 0 bridgehead atoms. The van der Waals surface area contributed by atoms with E-state index in [2.05, 4.69) is 17.6 Å². The van der Waals surface area contributed by atoms with Crippen molar-refractivity contribution in [2.24, 2.45) is 11.8 Å². The van der Waals surface area contributed by atoms with E-state index in [-0.39, 0.29) is 18.6 Å². The van der Waals surface area contributed by atoms with Crippen molar-refractivity contribution in [3.05, 3.63) is 0 Å². The highest BCUT2D eigenvalue weighted by molar-refractivity contribution is 5.76. The van der Waals surface area contributed by atoms with Crippen LogP contribution >= 0.6 is 0 Å². The van der Waals surface area contributed by atoms with E-state index in [9.17, 15) is 9.59 Å². The minimum atomic E-state index is -0.837. The molecule has 0 saturated heterocycles. The highest BCUT2D eigenvalue weighted by atomic mass is 16.4. The second-order valence-corrected chi connectivity index (χ2v) is 6.09. The number of rotatable bonds is 8. The van der Waals surface area contributed by atoms with Crippen molar-refractivity contribution in [3.63, 3.8) is 0 Å². The van der Waals surface area contributed by atoms with Crippen LogP contribution in [0, 0.1) is 11.8 Å². The Bertz CT molecular complexity index is 327. The third kappa shape index (κ3) is 6.36. The van der Waals surface area contributed by atoms with Crippen LogP contribution in [0.4, 0.5) is 4.79 Å². The first-order valence-electron chi connectivity index (χ1n) is 8.35. The number of hydrogen-bond acceptors (Lipinski definition) is 2. The number of carboxylic acids is 1. The molecule has 0 aliphatic heterocycles. The molecule has 1 aliphatic rings. The number of carbonyl (C=O) groups is 2. The standard InChI is InChI=1S/C16H30N2O3/c1-3-8-13(15(19)20)11-17-16(21)18-14(4-2)12-9-6-5-7-10-12/h12-14H,3-11H2,1-2H3,(H,19,20)(H2,17,18,21). The van der Waals surface area contributed by atoms with E-state index in [0.717, 1.165) is 12.8 Å². The molecule has 2 unspecified atom stereocenters. The predicted molar refractivity (Wildman–Crippen MR) is 83.2 cm³/mol. The summed E-state index contributed by atoms with van der Waals surface area (Å²) in [6, 6.07) is -0.0190. The van der Waals surface area contributed by atoms with Crippen LogP contribution in [0.5, 0.6) is 0 Å². The molecular formula is C16H30N2O3. The Hall–Kier alpha value is -1.26. The van der Waals surface area contributed by atoms with Crippen LogP contribution in [-0.2, 0) is 4.79 Å². The van der Waals surface area contributed by atoms with Crippen molar-refractivity contribution in [2.75, 3.05) is 6.54 Å². The van der Waals surface area contributed by atoms with E-state index < -0.39 is 11.9 Å². The molecule has 0 aromatic carbocycles. The molecule has 21 heavy (non-hydrogen) atoms. The third-order valence-corrected chi connectivity index (χ3v) is 4.47. The average molecular weight is 298 g/mol. The second-order valence-electron chi connectivity index (χ2n) is 6.09. The van der Waals surface area contributed by atoms with Gasteiger partial charge in [0.15, 0.2) is 0 Å². The minimum Gasteiger partial charge on any atom is -0.481 e. The van der Waals surface area contributed by atoms with Crippen LogP contribution in [0.15, 0.2) is 0 Å². The number of hydrogen-bond donors (Lipinski definition) is 3. The zero-order valence-corrected chi connectivity index (χ0v) is 13.4. The molecule has 0 radical (unpaired) electrons. The summed E-state index contributed by atoms with van der Waals surface area (Å²) in [5.41, 5.74) is 0. The molecule has 2 atom stereocenters. The normalized spacial score (nSPS) is 18.8. The first kappa shape index (κ1) is 17.8. The molecule has 3 N–H and O–H groups in total. The second kappa shape index (κ2) is 9.64. The van der Waals surface area contributed by atoms with E-state index in [4.69, 9.17) is 5.11 Å². The van der Waals surface area contributed by atoms with Gasteiger partial charge in [-0.2, -0.15) is 0 Å². The predicted octanol–water partition coefficient (Wildman–Crippen LogP) is 3.15. The number of carbonyl (C=O) groups excluding carboxylic acids is 1. The maximum absolute atomic E-state index is 12.0. The number of urea groups is 1. The van der Waals surface area contributed by atoms with Gasteiger partial charge in [0.2, 0.25) is 0 Å². The summed E-state index contributed by atoms with van der Waals surface area (Å²) in [6.07, 6.45) is 8.50. The molecule has 0 heterocycles. The van der Waals surface area contributed by atoms with Crippen molar-refractivity contribution in [1.82, 2.24) is 10.6 Å². The summed E-state index contributed by atoms with van der Waals surface area (Å²) in [4.78, 5) is 23.0. The molecule has 2 amide bonds. The summed E-state index contributed by atoms with van der Waals surface area (Å²) in [5, 5.41) is 14.8. The summed E-state index contributed by atoms with van der Waals surface area (Å²) < 4.78 is 0. The van der Waals surface area contributed by atoms with Gasteiger partial charge in [0.05, 0.1) is 5.92 Å². The lowest BCUT2D eigenvalue weighted by atomic mass is 9.83. The Morgan fingerprint density at radius 1 is 1.19 bits per heavy atom. The highest BCUT2D eigenvalue weighted by Gasteiger charge is 2.24. The molecule has 1 saturated carbocycles. The van der Waals surface area contributed by atoms with E-state index >= 15 is 0 Å². The van der Waals surface area contributed by atoms with Gasteiger partial charge in [0.25, 0.3) is 0 Å². The van der Waals surface area contributed by atoms with Crippen LogP contribution in [0.2, 0.25) is 0 Å². The van der Waals surface area contributed by atoms with Crippen molar-refractivity contribution >= 4 is 12.0 Å². The van der Waals surface area contributed by atoms with Crippen LogP contribution in [0.1, 0.15) is 65.2 Å². The highest BCUT2D eigenvalue weighted by Crippen LogP contribution is 2.27. The number of carboxylic acid groups (broad SMARTS) is 1.